The Balaban J connectivity index is 1.90. The molecule has 0 aromatic heterocycles. The second kappa shape index (κ2) is 4.71. The standard InChI is InChI=1S/C16H16N2O2/c1-10-15-11(2)18(9-12-6-4-3-5-7-12)16(20)13(15)8-14(19)17-10/h3-7,11H,8-9H2,1-2H3/t11-/m0/s1. The number of dihydropyridines is 1. The maximum absolute atomic E-state index is 12.5. The van der Waals surface area contributed by atoms with Crippen LogP contribution in [0.3, 0.4) is 0 Å². The van der Waals surface area contributed by atoms with Gasteiger partial charge in [0.1, 0.15) is 0 Å². The molecule has 0 bridgehead atoms. The first-order valence-corrected chi connectivity index (χ1v) is 6.74. The van der Waals surface area contributed by atoms with Crippen molar-refractivity contribution >= 4 is 17.5 Å². The molecule has 4 nitrogen and oxygen atoms in total. The van der Waals surface area contributed by atoms with Gasteiger partial charge in [0.25, 0.3) is 11.8 Å². The summed E-state index contributed by atoms with van der Waals surface area (Å²) >= 11 is 0. The van der Waals surface area contributed by atoms with Crippen LogP contribution in [-0.4, -0.2) is 28.5 Å². The lowest BCUT2D eigenvalue weighted by molar-refractivity contribution is -0.128. The number of nitrogens with zero attached hydrogens (tertiary/aromatic N) is 2. The first kappa shape index (κ1) is 12.8. The minimum Gasteiger partial charge on any atom is -0.328 e. The van der Waals surface area contributed by atoms with E-state index in [1.807, 2.05) is 49.1 Å². The molecular weight excluding hydrogens is 252 g/mol. The Hall–Kier alpha value is -2.23. The summed E-state index contributed by atoms with van der Waals surface area (Å²) in [4.78, 5) is 29.9. The number of hydrogen-bond acceptors (Lipinski definition) is 2. The fraction of sp³-hybridized carbons (Fsp3) is 0.312. The number of amides is 2. The quantitative estimate of drug-likeness (QED) is 0.824. The van der Waals surface area contributed by atoms with Crippen LogP contribution in [0.25, 0.3) is 0 Å². The van der Waals surface area contributed by atoms with Gasteiger partial charge in [-0.15, -0.1) is 0 Å². The second-order valence-electron chi connectivity index (χ2n) is 5.25. The topological polar surface area (TPSA) is 49.7 Å². The third-order valence-corrected chi connectivity index (χ3v) is 3.94. The lowest BCUT2D eigenvalue weighted by Gasteiger charge is -2.24. The van der Waals surface area contributed by atoms with Crippen molar-refractivity contribution in [1.82, 2.24) is 4.90 Å². The van der Waals surface area contributed by atoms with Gasteiger partial charge in [-0.25, -0.2) is 4.99 Å². The van der Waals surface area contributed by atoms with Crippen molar-refractivity contribution in [3.63, 3.8) is 0 Å². The van der Waals surface area contributed by atoms with Crippen LogP contribution in [0.1, 0.15) is 25.8 Å². The van der Waals surface area contributed by atoms with E-state index in [4.69, 9.17) is 0 Å². The van der Waals surface area contributed by atoms with E-state index >= 15 is 0 Å². The van der Waals surface area contributed by atoms with Gasteiger partial charge in [0, 0.05) is 23.4 Å². The summed E-state index contributed by atoms with van der Waals surface area (Å²) in [6.45, 7) is 4.37. The van der Waals surface area contributed by atoms with Crippen molar-refractivity contribution in [2.45, 2.75) is 32.9 Å². The first-order valence-electron chi connectivity index (χ1n) is 6.74. The van der Waals surface area contributed by atoms with E-state index < -0.39 is 0 Å². The maximum atomic E-state index is 12.5. The van der Waals surface area contributed by atoms with Gasteiger partial charge in [0.2, 0.25) is 0 Å². The highest BCUT2D eigenvalue weighted by atomic mass is 16.2. The molecule has 0 radical (unpaired) electrons. The van der Waals surface area contributed by atoms with E-state index in [-0.39, 0.29) is 24.3 Å². The molecule has 0 spiro atoms. The summed E-state index contributed by atoms with van der Waals surface area (Å²) in [5.74, 6) is -0.248. The first-order chi connectivity index (χ1) is 9.58. The molecule has 3 rings (SSSR count). The molecule has 20 heavy (non-hydrogen) atoms. The van der Waals surface area contributed by atoms with Crippen molar-refractivity contribution in [2.24, 2.45) is 4.99 Å². The van der Waals surface area contributed by atoms with E-state index in [9.17, 15) is 9.59 Å². The molecule has 2 aliphatic rings. The van der Waals surface area contributed by atoms with Gasteiger partial charge in [-0.2, -0.15) is 0 Å². The van der Waals surface area contributed by atoms with Crippen LogP contribution in [0.15, 0.2) is 46.5 Å². The van der Waals surface area contributed by atoms with Crippen molar-refractivity contribution in [3.05, 3.63) is 47.0 Å². The van der Waals surface area contributed by atoms with Gasteiger partial charge in [-0.1, -0.05) is 30.3 Å². The number of aliphatic imine (C=N–C) groups is 1. The SMILES string of the molecule is CC1=NC(=O)CC2=C1[C@H](C)N(Cc1ccccc1)C2=O. The van der Waals surface area contributed by atoms with E-state index in [2.05, 4.69) is 4.99 Å². The molecule has 4 heteroatoms. The molecule has 2 heterocycles. The summed E-state index contributed by atoms with van der Waals surface area (Å²) in [6, 6.07) is 9.87. The second-order valence-corrected chi connectivity index (χ2v) is 5.25. The highest BCUT2D eigenvalue weighted by molar-refractivity contribution is 6.18. The zero-order valence-electron chi connectivity index (χ0n) is 11.6. The Bertz CT molecular complexity index is 644. The largest absolute Gasteiger partial charge is 0.328 e. The summed E-state index contributed by atoms with van der Waals surface area (Å²) < 4.78 is 0. The fourth-order valence-corrected chi connectivity index (χ4v) is 2.99. The Morgan fingerprint density at radius 1 is 1.25 bits per heavy atom. The summed E-state index contributed by atoms with van der Waals surface area (Å²) in [6.07, 6.45) is 0.140. The smallest absolute Gasteiger partial charge is 0.251 e. The minimum atomic E-state index is -0.219. The van der Waals surface area contributed by atoms with E-state index in [1.54, 1.807) is 0 Å². The van der Waals surface area contributed by atoms with Crippen LogP contribution in [-0.2, 0) is 16.1 Å². The number of hydrogen-bond donors (Lipinski definition) is 0. The molecule has 0 saturated heterocycles. The minimum absolute atomic E-state index is 0.0189. The lowest BCUT2D eigenvalue weighted by Crippen LogP contribution is -2.33. The Morgan fingerprint density at radius 3 is 2.65 bits per heavy atom. The normalized spacial score (nSPS) is 22.2. The molecule has 0 fully saturated rings. The number of benzene rings is 1. The predicted molar refractivity (Wildman–Crippen MR) is 76.2 cm³/mol. The van der Waals surface area contributed by atoms with Gasteiger partial charge in [0.15, 0.2) is 0 Å². The number of carbonyl (C=O) groups excluding carboxylic acids is 2. The van der Waals surface area contributed by atoms with Gasteiger partial charge in [-0.05, 0) is 19.4 Å². The molecule has 0 N–H and O–H groups in total. The third-order valence-electron chi connectivity index (χ3n) is 3.94. The summed E-state index contributed by atoms with van der Waals surface area (Å²) in [5.41, 5.74) is 3.34. The highest BCUT2D eigenvalue weighted by Crippen LogP contribution is 2.33. The average Bonchev–Trinajstić information content (AvgIpc) is 2.65. The monoisotopic (exact) mass is 268 g/mol. The van der Waals surface area contributed by atoms with Crippen LogP contribution >= 0.6 is 0 Å². The van der Waals surface area contributed by atoms with Gasteiger partial charge in [0.05, 0.1) is 12.5 Å². The lowest BCUT2D eigenvalue weighted by atomic mass is 9.97. The molecule has 1 aromatic carbocycles. The Morgan fingerprint density at radius 2 is 1.95 bits per heavy atom. The van der Waals surface area contributed by atoms with Gasteiger partial charge >= 0.3 is 0 Å². The van der Waals surface area contributed by atoms with Gasteiger partial charge in [-0.3, -0.25) is 9.59 Å². The van der Waals surface area contributed by atoms with Crippen molar-refractivity contribution in [1.29, 1.82) is 0 Å². The van der Waals surface area contributed by atoms with Gasteiger partial charge < -0.3 is 4.90 Å². The van der Waals surface area contributed by atoms with Crippen LogP contribution in [0.5, 0.6) is 0 Å². The van der Waals surface area contributed by atoms with Crippen LogP contribution < -0.4 is 0 Å². The molecule has 2 aliphatic heterocycles. The third kappa shape index (κ3) is 1.97. The Kier molecular flexibility index (Phi) is 3.01. The van der Waals surface area contributed by atoms with Crippen LogP contribution in [0.4, 0.5) is 0 Å². The highest BCUT2D eigenvalue weighted by Gasteiger charge is 2.40. The molecular formula is C16H16N2O2. The van der Waals surface area contributed by atoms with Crippen molar-refractivity contribution in [2.75, 3.05) is 0 Å². The molecule has 2 amide bonds. The van der Waals surface area contributed by atoms with Crippen LogP contribution in [0.2, 0.25) is 0 Å². The average molecular weight is 268 g/mol. The molecule has 0 aliphatic carbocycles. The fourth-order valence-electron chi connectivity index (χ4n) is 2.99. The predicted octanol–water partition coefficient (Wildman–Crippen LogP) is 2.11. The maximum Gasteiger partial charge on any atom is 0.251 e. The number of carbonyl (C=O) groups is 2. The van der Waals surface area contributed by atoms with E-state index in [0.29, 0.717) is 17.8 Å². The van der Waals surface area contributed by atoms with E-state index in [1.165, 1.54) is 0 Å². The zero-order valence-corrected chi connectivity index (χ0v) is 11.6. The molecule has 1 aromatic rings. The summed E-state index contributed by atoms with van der Waals surface area (Å²) in [7, 11) is 0. The zero-order chi connectivity index (χ0) is 14.3. The molecule has 0 unspecified atom stereocenters. The van der Waals surface area contributed by atoms with Crippen molar-refractivity contribution in [3.8, 4) is 0 Å². The summed E-state index contributed by atoms with van der Waals surface area (Å²) in [5, 5.41) is 0. The molecule has 0 saturated carbocycles. The van der Waals surface area contributed by atoms with E-state index in [0.717, 1.165) is 11.1 Å². The van der Waals surface area contributed by atoms with Crippen LogP contribution in [0, 0.1) is 0 Å². The number of rotatable bonds is 2. The molecule has 1 atom stereocenters. The van der Waals surface area contributed by atoms with Crippen molar-refractivity contribution < 1.29 is 9.59 Å². The molecule has 102 valence electrons. The Labute approximate surface area is 117 Å².